The Morgan fingerprint density at radius 1 is 1.50 bits per heavy atom. The number of hydrogen-bond acceptors (Lipinski definition) is 3. The van der Waals surface area contributed by atoms with Crippen LogP contribution in [-0.4, -0.2) is 34.5 Å². The van der Waals surface area contributed by atoms with E-state index in [4.69, 9.17) is 5.11 Å². The van der Waals surface area contributed by atoms with Gasteiger partial charge in [0.1, 0.15) is 6.54 Å². The van der Waals surface area contributed by atoms with Crippen LogP contribution >= 0.6 is 27.3 Å². The molecule has 0 atom stereocenters. The molecule has 1 amide bonds. The Labute approximate surface area is 117 Å². The summed E-state index contributed by atoms with van der Waals surface area (Å²) in [6, 6.07) is 3.91. The van der Waals surface area contributed by atoms with Gasteiger partial charge in [0.15, 0.2) is 0 Å². The van der Waals surface area contributed by atoms with E-state index in [1.807, 2.05) is 12.1 Å². The van der Waals surface area contributed by atoms with Gasteiger partial charge in [-0.15, -0.1) is 11.3 Å². The van der Waals surface area contributed by atoms with Gasteiger partial charge in [0.2, 0.25) is 5.91 Å². The second-order valence-corrected chi connectivity index (χ2v) is 6.56. The number of aliphatic carboxylic acids is 1. The van der Waals surface area contributed by atoms with Crippen LogP contribution in [0.3, 0.4) is 0 Å². The summed E-state index contributed by atoms with van der Waals surface area (Å²) in [5, 5.41) is 8.78. The van der Waals surface area contributed by atoms with Crippen molar-refractivity contribution in [2.75, 3.05) is 6.54 Å². The molecule has 0 saturated heterocycles. The summed E-state index contributed by atoms with van der Waals surface area (Å²) >= 11 is 4.87. The number of halogens is 1. The van der Waals surface area contributed by atoms with Crippen LogP contribution in [-0.2, 0) is 9.59 Å². The largest absolute Gasteiger partial charge is 0.480 e. The zero-order chi connectivity index (χ0) is 13.1. The van der Waals surface area contributed by atoms with Crippen LogP contribution in [0.4, 0.5) is 0 Å². The number of hydrogen-bond donors (Lipinski definition) is 1. The minimum Gasteiger partial charge on any atom is -0.480 e. The van der Waals surface area contributed by atoms with Crippen LogP contribution in [0.15, 0.2) is 22.0 Å². The van der Waals surface area contributed by atoms with Crippen LogP contribution in [0.5, 0.6) is 0 Å². The minimum absolute atomic E-state index is 0.105. The van der Waals surface area contributed by atoms with Crippen molar-refractivity contribution in [1.82, 2.24) is 4.90 Å². The van der Waals surface area contributed by atoms with Crippen LogP contribution in [0, 0.1) is 0 Å². The van der Waals surface area contributed by atoms with Gasteiger partial charge in [-0.05, 0) is 47.0 Å². The third-order valence-electron chi connectivity index (χ3n) is 2.56. The molecule has 0 aliphatic heterocycles. The van der Waals surface area contributed by atoms with E-state index in [0.717, 1.165) is 21.5 Å². The highest BCUT2D eigenvalue weighted by Gasteiger charge is 2.32. The lowest BCUT2D eigenvalue weighted by Crippen LogP contribution is -2.36. The van der Waals surface area contributed by atoms with Gasteiger partial charge in [0, 0.05) is 17.0 Å². The van der Waals surface area contributed by atoms with E-state index in [9.17, 15) is 9.59 Å². The van der Waals surface area contributed by atoms with Crippen LogP contribution in [0.25, 0.3) is 6.08 Å². The van der Waals surface area contributed by atoms with E-state index in [1.165, 1.54) is 22.3 Å². The molecular weight excluding hydrogens is 318 g/mol. The topological polar surface area (TPSA) is 57.6 Å². The van der Waals surface area contributed by atoms with Crippen LogP contribution < -0.4 is 0 Å². The quantitative estimate of drug-likeness (QED) is 0.845. The molecule has 1 heterocycles. The van der Waals surface area contributed by atoms with Gasteiger partial charge in [-0.3, -0.25) is 9.59 Å². The van der Waals surface area contributed by atoms with E-state index < -0.39 is 5.97 Å². The highest BCUT2D eigenvalue weighted by Crippen LogP contribution is 2.27. The third kappa shape index (κ3) is 3.68. The first kappa shape index (κ1) is 13.3. The molecule has 2 rings (SSSR count). The molecule has 1 saturated carbocycles. The van der Waals surface area contributed by atoms with E-state index >= 15 is 0 Å². The number of carboxylic acid groups (broad SMARTS) is 1. The monoisotopic (exact) mass is 329 g/mol. The Hall–Kier alpha value is -1.14. The number of carbonyl (C=O) groups excluding carboxylic acids is 1. The van der Waals surface area contributed by atoms with Crippen molar-refractivity contribution < 1.29 is 14.7 Å². The zero-order valence-electron chi connectivity index (χ0n) is 9.51. The molecule has 0 spiro atoms. The average Bonchev–Trinajstić information content (AvgIpc) is 3.06. The van der Waals surface area contributed by atoms with Crippen LogP contribution in [0.2, 0.25) is 0 Å². The van der Waals surface area contributed by atoms with Gasteiger partial charge < -0.3 is 10.0 Å². The SMILES string of the molecule is O=C(O)CN(C(=O)C=Cc1ccc(Br)s1)C1CC1. The van der Waals surface area contributed by atoms with Crippen molar-refractivity contribution in [2.24, 2.45) is 0 Å². The number of thiophene rings is 1. The number of carboxylic acids is 1. The van der Waals surface area contributed by atoms with E-state index in [-0.39, 0.29) is 18.5 Å². The molecule has 6 heteroatoms. The molecule has 1 fully saturated rings. The van der Waals surface area contributed by atoms with E-state index in [2.05, 4.69) is 15.9 Å². The highest BCUT2D eigenvalue weighted by molar-refractivity contribution is 9.11. The van der Waals surface area contributed by atoms with Crippen LogP contribution in [0.1, 0.15) is 17.7 Å². The molecule has 1 aromatic rings. The zero-order valence-corrected chi connectivity index (χ0v) is 11.9. The number of rotatable bonds is 5. The van der Waals surface area contributed by atoms with E-state index in [0.29, 0.717) is 0 Å². The molecule has 1 aliphatic rings. The van der Waals surface area contributed by atoms with Crippen molar-refractivity contribution in [3.8, 4) is 0 Å². The number of nitrogens with zero attached hydrogens (tertiary/aromatic N) is 1. The normalized spacial score (nSPS) is 14.9. The Kier molecular flexibility index (Phi) is 4.19. The van der Waals surface area contributed by atoms with Crippen molar-refractivity contribution in [3.05, 3.63) is 26.9 Å². The molecule has 1 aromatic heterocycles. The van der Waals surface area contributed by atoms with Gasteiger partial charge in [-0.1, -0.05) is 0 Å². The lowest BCUT2D eigenvalue weighted by molar-refractivity contribution is -0.143. The maximum Gasteiger partial charge on any atom is 0.323 e. The summed E-state index contributed by atoms with van der Waals surface area (Å²) in [4.78, 5) is 25.0. The van der Waals surface area contributed by atoms with Gasteiger partial charge in [-0.2, -0.15) is 0 Å². The summed E-state index contributed by atoms with van der Waals surface area (Å²) in [5.41, 5.74) is 0. The summed E-state index contributed by atoms with van der Waals surface area (Å²) < 4.78 is 0.999. The molecule has 96 valence electrons. The Morgan fingerprint density at radius 2 is 2.22 bits per heavy atom. The molecule has 0 radical (unpaired) electrons. The minimum atomic E-state index is -0.970. The van der Waals surface area contributed by atoms with Gasteiger partial charge in [-0.25, -0.2) is 0 Å². The Balaban J connectivity index is 2.00. The van der Waals surface area contributed by atoms with Crippen molar-refractivity contribution in [3.63, 3.8) is 0 Å². The molecule has 0 bridgehead atoms. The van der Waals surface area contributed by atoms with Crippen molar-refractivity contribution in [2.45, 2.75) is 18.9 Å². The summed E-state index contributed by atoms with van der Waals surface area (Å²) in [7, 11) is 0. The van der Waals surface area contributed by atoms with Gasteiger partial charge in [0.25, 0.3) is 0 Å². The second-order valence-electron chi connectivity index (χ2n) is 4.07. The van der Waals surface area contributed by atoms with Crippen molar-refractivity contribution in [1.29, 1.82) is 0 Å². The molecular formula is C12H12BrNO3S. The highest BCUT2D eigenvalue weighted by atomic mass is 79.9. The molecule has 1 aliphatic carbocycles. The standard InChI is InChI=1S/C12H12BrNO3S/c13-10-5-3-9(18-10)4-6-11(15)14(7-12(16)17)8-1-2-8/h3-6,8H,1-2,7H2,(H,16,17). The van der Waals surface area contributed by atoms with Gasteiger partial charge in [0.05, 0.1) is 3.79 Å². The second kappa shape index (κ2) is 5.67. The average molecular weight is 330 g/mol. The number of carbonyl (C=O) groups is 2. The molecule has 18 heavy (non-hydrogen) atoms. The first-order valence-corrected chi connectivity index (χ1v) is 7.13. The Morgan fingerprint density at radius 3 is 2.72 bits per heavy atom. The molecule has 0 unspecified atom stereocenters. The fraction of sp³-hybridized carbons (Fsp3) is 0.333. The lowest BCUT2D eigenvalue weighted by Gasteiger charge is -2.17. The smallest absolute Gasteiger partial charge is 0.323 e. The number of amides is 1. The first-order valence-electron chi connectivity index (χ1n) is 5.52. The lowest BCUT2D eigenvalue weighted by atomic mass is 10.3. The van der Waals surface area contributed by atoms with Crippen molar-refractivity contribution >= 4 is 45.2 Å². The fourth-order valence-corrected chi connectivity index (χ4v) is 2.91. The summed E-state index contributed by atoms with van der Waals surface area (Å²) in [6.07, 6.45) is 4.96. The first-order chi connectivity index (χ1) is 8.56. The predicted molar refractivity (Wildman–Crippen MR) is 73.4 cm³/mol. The van der Waals surface area contributed by atoms with E-state index in [1.54, 1.807) is 6.08 Å². The predicted octanol–water partition coefficient (Wildman–Crippen LogP) is 2.60. The summed E-state index contributed by atoms with van der Waals surface area (Å²) in [6.45, 7) is -0.220. The summed E-state index contributed by atoms with van der Waals surface area (Å²) in [5.74, 6) is -1.20. The maximum atomic E-state index is 11.9. The maximum absolute atomic E-state index is 11.9. The molecule has 1 N–H and O–H groups in total. The Bertz CT molecular complexity index is 493. The third-order valence-corrected chi connectivity index (χ3v) is 4.15. The molecule has 0 aromatic carbocycles. The van der Waals surface area contributed by atoms with Gasteiger partial charge >= 0.3 is 5.97 Å². The molecule has 4 nitrogen and oxygen atoms in total. The fourth-order valence-electron chi connectivity index (χ4n) is 1.59.